The van der Waals surface area contributed by atoms with Gasteiger partial charge in [-0.25, -0.2) is 0 Å². The van der Waals surface area contributed by atoms with Crippen LogP contribution in [0.5, 0.6) is 0 Å². The van der Waals surface area contributed by atoms with Crippen molar-refractivity contribution in [2.45, 2.75) is 95.3 Å². The van der Waals surface area contributed by atoms with Crippen LogP contribution in [0, 0.1) is 0 Å². The van der Waals surface area contributed by atoms with Crippen LogP contribution in [0.1, 0.15) is 88.5 Å². The monoisotopic (exact) mass is 552 g/mol. The number of nitrogens with zero attached hydrogens (tertiary/aromatic N) is 2. The van der Waals surface area contributed by atoms with Gasteiger partial charge in [0.2, 0.25) is 0 Å². The maximum atomic E-state index is 2.54. The van der Waals surface area contributed by atoms with Crippen molar-refractivity contribution in [1.29, 1.82) is 0 Å². The first-order chi connectivity index (χ1) is 16.7. The number of hydrogen-bond acceptors (Lipinski definition) is 3. The van der Waals surface area contributed by atoms with E-state index in [1.165, 1.54) is 123 Å². The van der Waals surface area contributed by atoms with Gasteiger partial charge in [0.1, 0.15) is 0 Å². The van der Waals surface area contributed by atoms with Crippen LogP contribution in [0.15, 0.2) is 46.2 Å². The third kappa shape index (κ3) is 10.6. The van der Waals surface area contributed by atoms with Crippen LogP contribution in [0.25, 0.3) is 0 Å². The molecule has 0 saturated heterocycles. The summed E-state index contributed by atoms with van der Waals surface area (Å²) in [5.41, 5.74) is 6.12. The fraction of sp³-hybridized carbons (Fsp3) is 0.613. The Kier molecular flexibility index (Phi) is 17.1. The number of hydrogen-bond donors (Lipinski definition) is 0. The quantitative estimate of drug-likeness (QED) is 0.164. The van der Waals surface area contributed by atoms with Crippen LogP contribution in [0.2, 0.25) is 0 Å². The van der Waals surface area contributed by atoms with E-state index in [0.29, 0.717) is 0 Å². The molecule has 0 N–H and O–H groups in total. The molecule has 36 heavy (non-hydrogen) atoms. The molecule has 0 aromatic heterocycles. The molecule has 0 fully saturated rings. The number of rotatable bonds is 16. The maximum absolute atomic E-state index is 2.54. The van der Waals surface area contributed by atoms with Gasteiger partial charge in [0, 0.05) is 9.79 Å². The molecule has 1 aliphatic rings. The Hall–Kier alpha value is -0.710. The predicted octanol–water partition coefficient (Wildman–Crippen LogP) is 8.69. The lowest BCUT2D eigenvalue weighted by Gasteiger charge is -2.21. The third-order valence-electron chi connectivity index (χ3n) is 7.52. The smallest absolute Gasteiger partial charge is 0.0158 e. The second-order valence-corrected chi connectivity index (χ2v) is 10.9. The van der Waals surface area contributed by atoms with E-state index in [-0.39, 0.29) is 24.8 Å². The number of benzene rings is 2. The number of fused-ring (bicyclic) bond motifs is 2. The normalized spacial score (nSPS) is 12.2. The van der Waals surface area contributed by atoms with Gasteiger partial charge in [-0.05, 0) is 119 Å². The molecule has 2 nitrogen and oxygen atoms in total. The van der Waals surface area contributed by atoms with E-state index in [4.69, 9.17) is 0 Å². The Morgan fingerprint density at radius 3 is 1.39 bits per heavy atom. The summed E-state index contributed by atoms with van der Waals surface area (Å²) in [6, 6.07) is 14.5. The molecule has 204 valence electrons. The molecule has 0 bridgehead atoms. The van der Waals surface area contributed by atoms with Gasteiger partial charge in [-0.15, -0.1) is 24.8 Å². The van der Waals surface area contributed by atoms with Gasteiger partial charge in [-0.1, -0.05) is 76.6 Å². The topological polar surface area (TPSA) is 6.48 Å². The average Bonchev–Trinajstić information content (AvgIpc) is 2.87. The summed E-state index contributed by atoms with van der Waals surface area (Å²) in [5, 5.41) is 0. The largest absolute Gasteiger partial charge is 0.304 e. The van der Waals surface area contributed by atoms with Gasteiger partial charge < -0.3 is 9.80 Å². The van der Waals surface area contributed by atoms with Crippen molar-refractivity contribution in [2.75, 3.05) is 39.3 Å². The Morgan fingerprint density at radius 2 is 1.00 bits per heavy atom. The van der Waals surface area contributed by atoms with E-state index in [9.17, 15) is 0 Å². The highest BCUT2D eigenvalue weighted by atomic mass is 35.5. The Balaban J connectivity index is 0.00000324. The predicted molar refractivity (Wildman–Crippen MR) is 165 cm³/mol. The molecule has 0 atom stereocenters. The summed E-state index contributed by atoms with van der Waals surface area (Å²) in [6.45, 7) is 16.3. The van der Waals surface area contributed by atoms with Crippen molar-refractivity contribution >= 4 is 36.6 Å². The third-order valence-corrected chi connectivity index (χ3v) is 8.76. The van der Waals surface area contributed by atoms with Gasteiger partial charge in [-0.3, -0.25) is 0 Å². The minimum absolute atomic E-state index is 0. The van der Waals surface area contributed by atoms with E-state index in [2.05, 4.69) is 73.9 Å². The Morgan fingerprint density at radius 1 is 0.583 bits per heavy atom. The van der Waals surface area contributed by atoms with E-state index in [1.807, 2.05) is 11.8 Å². The zero-order valence-corrected chi connectivity index (χ0v) is 25.6. The molecule has 3 rings (SSSR count). The highest BCUT2D eigenvalue weighted by Gasteiger charge is 2.17. The van der Waals surface area contributed by atoms with Gasteiger partial charge in [0.05, 0.1) is 0 Å². The molecule has 1 heterocycles. The van der Waals surface area contributed by atoms with Crippen molar-refractivity contribution in [3.63, 3.8) is 0 Å². The van der Waals surface area contributed by atoms with Crippen LogP contribution in [-0.2, 0) is 19.3 Å². The molecule has 1 aliphatic heterocycles. The molecule has 2 aromatic rings. The van der Waals surface area contributed by atoms with Crippen LogP contribution >= 0.6 is 36.6 Å². The minimum atomic E-state index is 0. The van der Waals surface area contributed by atoms with Crippen molar-refractivity contribution in [2.24, 2.45) is 0 Å². The number of aryl methyl sites for hydroxylation is 2. The van der Waals surface area contributed by atoms with Gasteiger partial charge in [0.25, 0.3) is 0 Å². The van der Waals surface area contributed by atoms with Crippen LogP contribution in [0.4, 0.5) is 0 Å². The summed E-state index contributed by atoms with van der Waals surface area (Å²) in [6.07, 6.45) is 11.5. The van der Waals surface area contributed by atoms with Gasteiger partial charge in [-0.2, -0.15) is 0 Å². The lowest BCUT2D eigenvalue weighted by atomic mass is 9.97. The molecule has 0 spiro atoms. The standard InChI is InChI=1S/C31H48N2S.2ClH/c1-5-32(6-2)21-13-9-11-15-26-17-19-30-28(23-26)25-29-24-27(18-20-31(29)34-30)16-12-10-14-22-33(7-3)8-4;;/h17-20,23-24H,5-16,21-22,25H2,1-4H3;2*1H. The van der Waals surface area contributed by atoms with Crippen molar-refractivity contribution in [1.82, 2.24) is 9.80 Å². The molecule has 2 aromatic carbocycles. The van der Waals surface area contributed by atoms with Crippen LogP contribution in [-0.4, -0.2) is 49.1 Å². The first-order valence-electron chi connectivity index (χ1n) is 14.0. The molecule has 0 aliphatic carbocycles. The van der Waals surface area contributed by atoms with Crippen LogP contribution in [0.3, 0.4) is 0 Å². The molecular formula is C31H50Cl2N2S. The molecule has 0 amide bonds. The maximum Gasteiger partial charge on any atom is 0.0158 e. The van der Waals surface area contributed by atoms with Crippen molar-refractivity contribution < 1.29 is 0 Å². The van der Waals surface area contributed by atoms with E-state index >= 15 is 0 Å². The van der Waals surface area contributed by atoms with Gasteiger partial charge in [0.15, 0.2) is 0 Å². The fourth-order valence-electron chi connectivity index (χ4n) is 5.14. The first-order valence-corrected chi connectivity index (χ1v) is 14.8. The summed E-state index contributed by atoms with van der Waals surface area (Å²) in [7, 11) is 0. The SMILES string of the molecule is CCN(CC)CCCCCc1ccc2c(c1)Cc1cc(CCCCCN(CC)CC)ccc1S2.Cl.Cl. The highest BCUT2D eigenvalue weighted by Crippen LogP contribution is 2.40. The first kappa shape index (κ1) is 33.3. The Labute approximate surface area is 238 Å². The fourth-order valence-corrected chi connectivity index (χ4v) is 6.17. The van der Waals surface area contributed by atoms with E-state index < -0.39 is 0 Å². The molecule has 0 saturated carbocycles. The second kappa shape index (κ2) is 18.5. The number of unbranched alkanes of at least 4 members (excludes halogenated alkanes) is 4. The second-order valence-electron chi connectivity index (χ2n) is 9.84. The zero-order chi connectivity index (χ0) is 24.2. The van der Waals surface area contributed by atoms with Crippen molar-refractivity contribution in [3.8, 4) is 0 Å². The molecule has 0 radical (unpaired) electrons. The molecule has 0 unspecified atom stereocenters. The zero-order valence-electron chi connectivity index (χ0n) is 23.2. The lowest BCUT2D eigenvalue weighted by Crippen LogP contribution is -2.23. The molecule has 5 heteroatoms. The molecular weight excluding hydrogens is 503 g/mol. The summed E-state index contributed by atoms with van der Waals surface area (Å²) in [5.74, 6) is 0. The average molecular weight is 554 g/mol. The minimum Gasteiger partial charge on any atom is -0.304 e. The Bertz CT molecular complexity index is 796. The highest BCUT2D eigenvalue weighted by molar-refractivity contribution is 7.99. The van der Waals surface area contributed by atoms with Crippen LogP contribution < -0.4 is 0 Å². The van der Waals surface area contributed by atoms with Gasteiger partial charge >= 0.3 is 0 Å². The summed E-state index contributed by atoms with van der Waals surface area (Å²) >= 11 is 1.97. The summed E-state index contributed by atoms with van der Waals surface area (Å²) < 4.78 is 0. The summed E-state index contributed by atoms with van der Waals surface area (Å²) in [4.78, 5) is 7.99. The number of halogens is 2. The van der Waals surface area contributed by atoms with E-state index in [1.54, 1.807) is 0 Å². The van der Waals surface area contributed by atoms with Crippen molar-refractivity contribution in [3.05, 3.63) is 58.7 Å². The van der Waals surface area contributed by atoms with E-state index in [0.717, 1.165) is 6.42 Å². The lowest BCUT2D eigenvalue weighted by molar-refractivity contribution is 0.296.